The standard InChI is InChI=1S/C67H108O6/c1-4-7-10-13-16-19-22-25-28-30-31-32-33-34-35-37-39-42-45-48-51-54-57-60-66(69)72-63-64(62-71-65(68)59-56-53-50-47-44-41-38-27-24-21-18-15-12-9-6-3)73-67(70)61-58-55-52-49-46-43-40-36-29-26-23-20-17-14-11-8-5-2/h7,9-10,12,16-21,25-29,31-32,38,44,47,53,56,64H,4-6,8,11,13-15,22-24,30,33-37,39-43,45-46,48-52,54-55,57-63H2,1-3H3/b10-7-,12-9-,19-16-,20-17-,21-18-,28-25-,29-26-,32-31-,38-27-,47-44-,56-53-. The highest BCUT2D eigenvalue weighted by atomic mass is 16.6. The second-order valence-electron chi connectivity index (χ2n) is 19.2. The van der Waals surface area contributed by atoms with Crippen molar-refractivity contribution in [1.82, 2.24) is 0 Å². The number of rotatable bonds is 52. The molecule has 0 aromatic carbocycles. The van der Waals surface area contributed by atoms with Crippen LogP contribution in [0.3, 0.4) is 0 Å². The molecule has 0 rings (SSSR count). The van der Waals surface area contributed by atoms with Gasteiger partial charge in [0.05, 0.1) is 6.42 Å². The lowest BCUT2D eigenvalue weighted by molar-refractivity contribution is -0.166. The van der Waals surface area contributed by atoms with Crippen molar-refractivity contribution < 1.29 is 28.6 Å². The zero-order chi connectivity index (χ0) is 52.9. The van der Waals surface area contributed by atoms with Gasteiger partial charge in [0.25, 0.3) is 0 Å². The van der Waals surface area contributed by atoms with Crippen LogP contribution in [-0.4, -0.2) is 37.2 Å². The van der Waals surface area contributed by atoms with E-state index in [0.717, 1.165) is 109 Å². The van der Waals surface area contributed by atoms with Crippen LogP contribution in [0.4, 0.5) is 0 Å². The Morgan fingerprint density at radius 3 is 0.959 bits per heavy atom. The molecule has 0 spiro atoms. The van der Waals surface area contributed by atoms with Gasteiger partial charge in [-0.1, -0.05) is 251 Å². The van der Waals surface area contributed by atoms with Crippen LogP contribution in [0.15, 0.2) is 134 Å². The molecule has 0 saturated carbocycles. The molecule has 0 aliphatic rings. The van der Waals surface area contributed by atoms with Crippen molar-refractivity contribution in [2.24, 2.45) is 0 Å². The van der Waals surface area contributed by atoms with Crippen LogP contribution in [0, 0.1) is 0 Å². The lowest BCUT2D eigenvalue weighted by Gasteiger charge is -2.18. The molecule has 1 unspecified atom stereocenters. The van der Waals surface area contributed by atoms with E-state index >= 15 is 0 Å². The summed E-state index contributed by atoms with van der Waals surface area (Å²) in [4.78, 5) is 38.2. The van der Waals surface area contributed by atoms with Gasteiger partial charge in [0.1, 0.15) is 13.2 Å². The van der Waals surface area contributed by atoms with Crippen LogP contribution < -0.4 is 0 Å². The molecule has 0 bridgehead atoms. The van der Waals surface area contributed by atoms with E-state index in [4.69, 9.17) is 14.2 Å². The van der Waals surface area contributed by atoms with Crippen LogP contribution in [0.25, 0.3) is 0 Å². The number of carbonyl (C=O) groups is 3. The molecule has 0 amide bonds. The lowest BCUT2D eigenvalue weighted by Crippen LogP contribution is -2.30. The van der Waals surface area contributed by atoms with Gasteiger partial charge in [-0.05, 0) is 116 Å². The summed E-state index contributed by atoms with van der Waals surface area (Å²) in [5.41, 5.74) is 0. The maximum Gasteiger partial charge on any atom is 0.309 e. The SMILES string of the molecule is CC/C=C\C/C=C\C/C=C\C/C=C\C/C=C\CC(=O)OCC(COC(=O)CCCCCCCCCCCC/C=C\C/C=C\C/C=C\C/C=C\CC)OC(=O)CCCCCCCCC/C=C\C/C=C\CCCCC. The summed E-state index contributed by atoms with van der Waals surface area (Å²) in [7, 11) is 0. The Labute approximate surface area is 449 Å². The van der Waals surface area contributed by atoms with Crippen LogP contribution in [0.1, 0.15) is 252 Å². The number of carbonyl (C=O) groups excluding carboxylic acids is 3. The van der Waals surface area contributed by atoms with Crippen molar-refractivity contribution in [3.63, 3.8) is 0 Å². The van der Waals surface area contributed by atoms with Gasteiger partial charge in [0.15, 0.2) is 6.10 Å². The fourth-order valence-electron chi connectivity index (χ4n) is 7.77. The Bertz CT molecular complexity index is 1580. The van der Waals surface area contributed by atoms with Crippen LogP contribution in [0.5, 0.6) is 0 Å². The maximum atomic E-state index is 12.9. The first-order valence-electron chi connectivity index (χ1n) is 29.7. The first-order chi connectivity index (χ1) is 36.0. The number of hydrogen-bond donors (Lipinski definition) is 0. The molecule has 0 heterocycles. The molecular weight excluding hydrogens is 901 g/mol. The summed E-state index contributed by atoms with van der Waals surface area (Å²) in [6, 6.07) is 0. The fourth-order valence-corrected chi connectivity index (χ4v) is 7.77. The molecule has 1 atom stereocenters. The number of allylic oxidation sites excluding steroid dienone is 21. The summed E-state index contributed by atoms with van der Waals surface area (Å²) in [5, 5.41) is 0. The van der Waals surface area contributed by atoms with Crippen molar-refractivity contribution in [3.8, 4) is 0 Å². The van der Waals surface area contributed by atoms with Crippen LogP contribution in [-0.2, 0) is 28.6 Å². The van der Waals surface area contributed by atoms with E-state index in [1.807, 2.05) is 6.08 Å². The number of hydrogen-bond acceptors (Lipinski definition) is 6. The average molecular weight is 1010 g/mol. The number of ether oxygens (including phenoxy) is 3. The van der Waals surface area contributed by atoms with E-state index < -0.39 is 12.1 Å². The average Bonchev–Trinajstić information content (AvgIpc) is 3.39. The predicted molar refractivity (Wildman–Crippen MR) is 316 cm³/mol. The first kappa shape index (κ1) is 68.6. The molecule has 0 aromatic heterocycles. The predicted octanol–water partition coefficient (Wildman–Crippen LogP) is 20.2. The Morgan fingerprint density at radius 2 is 0.589 bits per heavy atom. The van der Waals surface area contributed by atoms with Gasteiger partial charge in [-0.25, -0.2) is 0 Å². The summed E-state index contributed by atoms with van der Waals surface area (Å²) in [6.07, 6.45) is 84.7. The van der Waals surface area contributed by atoms with Gasteiger partial charge in [0.2, 0.25) is 0 Å². The van der Waals surface area contributed by atoms with E-state index in [1.54, 1.807) is 6.08 Å². The minimum Gasteiger partial charge on any atom is -0.462 e. The third-order valence-electron chi connectivity index (χ3n) is 12.2. The van der Waals surface area contributed by atoms with Crippen molar-refractivity contribution >= 4 is 17.9 Å². The van der Waals surface area contributed by atoms with Gasteiger partial charge in [0, 0.05) is 12.8 Å². The van der Waals surface area contributed by atoms with Gasteiger partial charge >= 0.3 is 17.9 Å². The van der Waals surface area contributed by atoms with Crippen LogP contribution >= 0.6 is 0 Å². The maximum absolute atomic E-state index is 12.9. The van der Waals surface area contributed by atoms with Gasteiger partial charge in [-0.15, -0.1) is 0 Å². The Morgan fingerprint density at radius 1 is 0.301 bits per heavy atom. The molecule has 73 heavy (non-hydrogen) atoms. The molecule has 412 valence electrons. The number of unbranched alkanes of at least 4 members (excludes halogenated alkanes) is 20. The van der Waals surface area contributed by atoms with Crippen LogP contribution in [0.2, 0.25) is 0 Å². The molecule has 0 aromatic rings. The van der Waals surface area contributed by atoms with Gasteiger partial charge in [-0.3, -0.25) is 14.4 Å². The van der Waals surface area contributed by atoms with E-state index in [0.29, 0.717) is 12.8 Å². The molecule has 0 radical (unpaired) electrons. The first-order valence-corrected chi connectivity index (χ1v) is 29.7. The quantitative estimate of drug-likeness (QED) is 0.0261. The molecule has 0 N–H and O–H groups in total. The second-order valence-corrected chi connectivity index (χ2v) is 19.2. The topological polar surface area (TPSA) is 78.9 Å². The van der Waals surface area contributed by atoms with Gasteiger partial charge < -0.3 is 14.2 Å². The summed E-state index contributed by atoms with van der Waals surface area (Å²) in [6.45, 7) is 6.29. The van der Waals surface area contributed by atoms with Gasteiger partial charge in [-0.2, -0.15) is 0 Å². The molecule has 0 aliphatic carbocycles. The largest absolute Gasteiger partial charge is 0.462 e. The molecule has 0 saturated heterocycles. The van der Waals surface area contributed by atoms with E-state index in [2.05, 4.69) is 142 Å². The van der Waals surface area contributed by atoms with Crippen molar-refractivity contribution in [1.29, 1.82) is 0 Å². The summed E-state index contributed by atoms with van der Waals surface area (Å²) < 4.78 is 16.8. The summed E-state index contributed by atoms with van der Waals surface area (Å²) in [5.74, 6) is -1.06. The Kier molecular flexibility index (Phi) is 56.4. The Hall–Kier alpha value is -4.45. The monoisotopic (exact) mass is 1010 g/mol. The molecule has 0 fully saturated rings. The molecule has 6 heteroatoms. The zero-order valence-corrected chi connectivity index (χ0v) is 47.1. The van der Waals surface area contributed by atoms with Crippen molar-refractivity contribution in [2.45, 2.75) is 258 Å². The molecule has 0 aliphatic heterocycles. The third kappa shape index (κ3) is 58.3. The van der Waals surface area contributed by atoms with E-state index in [-0.39, 0.29) is 31.6 Å². The summed E-state index contributed by atoms with van der Waals surface area (Å²) >= 11 is 0. The Balaban J connectivity index is 4.47. The third-order valence-corrected chi connectivity index (χ3v) is 12.2. The smallest absolute Gasteiger partial charge is 0.309 e. The molecular formula is C67H108O6. The second kappa shape index (κ2) is 60.1. The highest BCUT2D eigenvalue weighted by Crippen LogP contribution is 2.15. The fraction of sp³-hybridized carbons (Fsp3) is 0.627. The minimum atomic E-state index is -0.829. The lowest BCUT2D eigenvalue weighted by atomic mass is 10.1. The highest BCUT2D eigenvalue weighted by Gasteiger charge is 2.19. The van der Waals surface area contributed by atoms with E-state index in [9.17, 15) is 14.4 Å². The van der Waals surface area contributed by atoms with Crippen molar-refractivity contribution in [3.05, 3.63) is 134 Å². The highest BCUT2D eigenvalue weighted by molar-refractivity contribution is 5.72. The minimum absolute atomic E-state index is 0.117. The van der Waals surface area contributed by atoms with E-state index in [1.165, 1.54) is 103 Å². The molecule has 6 nitrogen and oxygen atoms in total. The number of esters is 3. The zero-order valence-electron chi connectivity index (χ0n) is 47.1. The van der Waals surface area contributed by atoms with Crippen molar-refractivity contribution in [2.75, 3.05) is 13.2 Å². The normalized spacial score (nSPS) is 13.1.